The van der Waals surface area contributed by atoms with E-state index in [4.69, 9.17) is 46.7 Å². The molecule has 0 spiro atoms. The number of carboxylic acids is 1. The number of likely N-dealkylation sites (tertiary alicyclic amines) is 3. The first kappa shape index (κ1) is 63.2. The maximum Gasteiger partial charge on any atom is 0.320 e. The standard InChI is InChI=1S/C21H28BrN7O2.C21H29N7O2.C17H20BrN7O2/c1-21(2,3)31-16(30)12-28-7-5-13(6-8-28)18-17(22)19(23)29-20(26-18)15(10-25-29)14-9-24-27(4)11-14;1-21(2,3)30-19(29)13-27-7-5-14(6-8-27)17-9-18(22)28-20(25-17)16(11-24-28)15-10-23-26(4)12-15;1-23-8-11(6-20-23)12-7-21-25-16(19)14(18)15(22-17(12)25)10-2-4-24(5-3-10)9-13(26)27/h9-11,13H,5-8,12,23H2,1-4H3;9-12,14H,5-8,13,22H2,1-4H3;6-8,10H,2-5,9,19H2,1H3,(H,26,27). The Bertz CT molecular complexity index is 3970. The summed E-state index contributed by atoms with van der Waals surface area (Å²) in [6, 6.07) is 1.92. The van der Waals surface area contributed by atoms with Crippen molar-refractivity contribution in [1.82, 2.24) is 87.8 Å². The van der Waals surface area contributed by atoms with Crippen molar-refractivity contribution in [1.29, 1.82) is 0 Å². The highest BCUT2D eigenvalue weighted by atomic mass is 79.9. The van der Waals surface area contributed by atoms with Crippen molar-refractivity contribution < 1.29 is 29.0 Å². The van der Waals surface area contributed by atoms with Crippen molar-refractivity contribution in [3.05, 3.63) is 87.9 Å². The summed E-state index contributed by atoms with van der Waals surface area (Å²) in [5.41, 5.74) is 28.6. The predicted molar refractivity (Wildman–Crippen MR) is 339 cm³/mol. The molecular weight excluding hydrogens is 1260 g/mol. The van der Waals surface area contributed by atoms with Crippen LogP contribution in [0.15, 0.2) is 70.8 Å². The number of ether oxygens (including phenoxy) is 2. The van der Waals surface area contributed by atoms with Gasteiger partial charge in [0, 0.05) is 103 Å². The zero-order valence-corrected chi connectivity index (χ0v) is 54.3. The van der Waals surface area contributed by atoms with Gasteiger partial charge in [0.05, 0.1) is 77.1 Å². The summed E-state index contributed by atoms with van der Waals surface area (Å²) in [7, 11) is 5.63. The molecule has 3 aliphatic heterocycles. The average Bonchev–Trinajstić information content (AvgIpc) is 1.86. The number of fused-ring (bicyclic) bond motifs is 3. The molecule has 0 bridgehead atoms. The van der Waals surface area contributed by atoms with Crippen molar-refractivity contribution in [3.8, 4) is 33.4 Å². The van der Waals surface area contributed by atoms with Crippen LogP contribution in [0.2, 0.25) is 0 Å². The molecule has 3 saturated heterocycles. The predicted octanol–water partition coefficient (Wildman–Crippen LogP) is 6.97. The van der Waals surface area contributed by atoms with Crippen molar-refractivity contribution in [2.24, 2.45) is 21.1 Å². The fourth-order valence-electron chi connectivity index (χ4n) is 11.5. The summed E-state index contributed by atoms with van der Waals surface area (Å²) in [6.07, 6.45) is 21.8. The number of carbonyl (C=O) groups excluding carboxylic acids is 2. The summed E-state index contributed by atoms with van der Waals surface area (Å²) < 4.78 is 22.6. The van der Waals surface area contributed by atoms with Crippen LogP contribution in [0, 0.1) is 0 Å². The monoisotopic (exact) mass is 1330 g/mol. The molecule has 0 amide bonds. The molecule has 0 aliphatic carbocycles. The maximum absolute atomic E-state index is 12.2. The number of hydrogen-bond donors (Lipinski definition) is 4. The Morgan fingerprint density at radius 2 is 0.852 bits per heavy atom. The summed E-state index contributed by atoms with van der Waals surface area (Å²) in [4.78, 5) is 56.2. The molecule has 0 radical (unpaired) electrons. The number of esters is 2. The van der Waals surface area contributed by atoms with E-state index in [9.17, 15) is 14.4 Å². The van der Waals surface area contributed by atoms with Crippen LogP contribution >= 0.6 is 31.9 Å². The average molecular weight is 1340 g/mol. The van der Waals surface area contributed by atoms with Gasteiger partial charge in [-0.15, -0.1) is 0 Å². The number of aryl methyl sites for hydroxylation is 3. The van der Waals surface area contributed by atoms with Crippen LogP contribution in [-0.4, -0.2) is 181 Å². The topological polar surface area (TPSA) is 322 Å². The molecule has 3 fully saturated rings. The Balaban J connectivity index is 0.000000146. The third-order valence-electron chi connectivity index (χ3n) is 15.7. The highest BCUT2D eigenvalue weighted by Gasteiger charge is 2.31. The van der Waals surface area contributed by atoms with Crippen LogP contribution in [0.5, 0.6) is 0 Å². The number of carboxylic acid groups (broad SMARTS) is 1. The quantitative estimate of drug-likeness (QED) is 0.0897. The lowest BCUT2D eigenvalue weighted by atomic mass is 9.93. The van der Waals surface area contributed by atoms with Gasteiger partial charge in [-0.25, -0.2) is 15.0 Å². The molecule has 29 heteroatoms. The number of nitrogens with zero attached hydrogens (tertiary/aromatic N) is 18. The molecule has 0 saturated carbocycles. The van der Waals surface area contributed by atoms with Gasteiger partial charge in [0.15, 0.2) is 16.9 Å². The second kappa shape index (κ2) is 26.1. The van der Waals surface area contributed by atoms with Gasteiger partial charge >= 0.3 is 17.9 Å². The molecule has 468 valence electrons. The van der Waals surface area contributed by atoms with E-state index in [0.717, 1.165) is 148 Å². The second-order valence-electron chi connectivity index (χ2n) is 24.8. The zero-order chi connectivity index (χ0) is 62.9. The van der Waals surface area contributed by atoms with Crippen molar-refractivity contribution in [3.63, 3.8) is 0 Å². The largest absolute Gasteiger partial charge is 0.480 e. The highest BCUT2D eigenvalue weighted by molar-refractivity contribution is 9.11. The lowest BCUT2D eigenvalue weighted by molar-refractivity contribution is -0.157. The number of aromatic nitrogens is 15. The summed E-state index contributed by atoms with van der Waals surface area (Å²) >= 11 is 7.23. The van der Waals surface area contributed by atoms with Gasteiger partial charge in [0.1, 0.15) is 28.7 Å². The number of anilines is 3. The van der Waals surface area contributed by atoms with E-state index in [-0.39, 0.29) is 30.3 Å². The van der Waals surface area contributed by atoms with Gasteiger partial charge < -0.3 is 31.8 Å². The molecule has 3 aliphatic rings. The highest BCUT2D eigenvalue weighted by Crippen LogP contribution is 2.39. The van der Waals surface area contributed by atoms with Crippen molar-refractivity contribution in [2.45, 2.75) is 109 Å². The summed E-state index contributed by atoms with van der Waals surface area (Å²) in [5.74, 6) is 1.22. The molecule has 0 unspecified atom stereocenters. The van der Waals surface area contributed by atoms with Crippen LogP contribution in [0.1, 0.15) is 115 Å². The van der Waals surface area contributed by atoms with Gasteiger partial charge in [-0.2, -0.15) is 44.1 Å². The lowest BCUT2D eigenvalue weighted by Crippen LogP contribution is -2.39. The van der Waals surface area contributed by atoms with Gasteiger partial charge in [0.25, 0.3) is 0 Å². The second-order valence-corrected chi connectivity index (χ2v) is 26.4. The number of rotatable bonds is 12. The van der Waals surface area contributed by atoms with E-state index in [0.29, 0.717) is 42.1 Å². The van der Waals surface area contributed by atoms with Crippen LogP contribution in [0.4, 0.5) is 17.5 Å². The van der Waals surface area contributed by atoms with Crippen molar-refractivity contribution in [2.75, 3.05) is 76.1 Å². The number of aliphatic carboxylic acids is 1. The van der Waals surface area contributed by atoms with Gasteiger partial charge in [-0.3, -0.25) is 43.1 Å². The first-order valence-corrected chi connectivity index (χ1v) is 30.9. The normalized spacial score (nSPS) is 16.2. The fourth-order valence-corrected chi connectivity index (χ4v) is 12.7. The van der Waals surface area contributed by atoms with Gasteiger partial charge in [-0.1, -0.05) is 0 Å². The van der Waals surface area contributed by atoms with E-state index in [2.05, 4.69) is 72.3 Å². The molecule has 12 heterocycles. The zero-order valence-electron chi connectivity index (χ0n) is 51.1. The first-order chi connectivity index (χ1) is 41.7. The Hall–Kier alpha value is -7.86. The SMILES string of the molecule is Cn1cc(-c2cnn3c(N)c(Br)c(C4CCN(CC(=O)O)CC4)nc23)cn1.Cn1cc(-c2cnn3c(N)c(Br)c(C4CCN(CC(=O)OC(C)(C)C)CC4)nc23)cn1.Cn1cc(-c2cnn3c(N)cc(C4CCN(CC(=O)OC(C)(C)C)CC4)nc23)cn1. The molecule has 7 N–H and O–H groups in total. The van der Waals surface area contributed by atoms with Crippen LogP contribution < -0.4 is 17.2 Å². The summed E-state index contributed by atoms with van der Waals surface area (Å²) in [6.45, 7) is 16.8. The van der Waals surface area contributed by atoms with Crippen molar-refractivity contribution >= 4 is 84.2 Å². The molecule has 9 aromatic rings. The number of piperidine rings is 3. The number of hydrogen-bond acceptors (Lipinski definition) is 20. The number of carbonyl (C=O) groups is 3. The Kier molecular flexibility index (Phi) is 18.7. The fraction of sp³-hybridized carbons (Fsp3) is 0.492. The third-order valence-corrected chi connectivity index (χ3v) is 17.3. The van der Waals surface area contributed by atoms with E-state index in [1.165, 1.54) is 0 Å². The Labute approximate surface area is 525 Å². The molecule has 12 rings (SSSR count). The minimum absolute atomic E-state index is 0.0796. The van der Waals surface area contributed by atoms with Crippen LogP contribution in [0.25, 0.3) is 50.3 Å². The minimum atomic E-state index is -0.793. The molecule has 27 nitrogen and oxygen atoms in total. The lowest BCUT2D eigenvalue weighted by Gasteiger charge is -2.32. The number of nitrogen functional groups attached to an aromatic ring is 3. The number of nitrogens with two attached hydrogens (primary N) is 3. The van der Waals surface area contributed by atoms with E-state index < -0.39 is 17.2 Å². The molecule has 9 aromatic heterocycles. The smallest absolute Gasteiger partial charge is 0.320 e. The third kappa shape index (κ3) is 14.7. The van der Waals surface area contributed by atoms with Gasteiger partial charge in [-0.05, 0) is 151 Å². The molecule has 88 heavy (non-hydrogen) atoms. The number of halogens is 2. The molecule has 0 aromatic carbocycles. The maximum atomic E-state index is 12.2. The Morgan fingerprint density at radius 3 is 1.19 bits per heavy atom. The summed E-state index contributed by atoms with van der Waals surface area (Å²) in [5, 5.41) is 34.9. The van der Waals surface area contributed by atoms with E-state index >= 15 is 0 Å². The van der Waals surface area contributed by atoms with Crippen LogP contribution in [-0.2, 0) is 45.0 Å². The minimum Gasteiger partial charge on any atom is -0.480 e. The Morgan fingerprint density at radius 1 is 0.511 bits per heavy atom. The van der Waals surface area contributed by atoms with Crippen LogP contribution in [0.3, 0.4) is 0 Å². The molecular formula is C59H77Br2N21O6. The molecule has 0 atom stereocenters. The van der Waals surface area contributed by atoms with E-state index in [1.54, 1.807) is 64.8 Å². The van der Waals surface area contributed by atoms with E-state index in [1.807, 2.05) is 92.2 Å². The van der Waals surface area contributed by atoms with Gasteiger partial charge in [0.2, 0.25) is 0 Å². The first-order valence-electron chi connectivity index (χ1n) is 29.3.